The van der Waals surface area contributed by atoms with Gasteiger partial charge in [0.2, 0.25) is 11.8 Å². The number of carbonyl (C=O) groups is 2. The summed E-state index contributed by atoms with van der Waals surface area (Å²) in [6.45, 7) is 2.66. The summed E-state index contributed by atoms with van der Waals surface area (Å²) in [5, 5.41) is 6.93. The molecule has 2 rings (SSSR count). The van der Waals surface area contributed by atoms with Crippen molar-refractivity contribution in [3.63, 3.8) is 0 Å². The highest BCUT2D eigenvalue weighted by molar-refractivity contribution is 9.10. The first kappa shape index (κ1) is 25.0. The zero-order valence-corrected chi connectivity index (χ0v) is 20.1. The Bertz CT molecular complexity index is 970. The topological polar surface area (TPSA) is 89.0 Å². The maximum absolute atomic E-state index is 12.0. The van der Waals surface area contributed by atoms with E-state index in [1.807, 2.05) is 0 Å². The van der Waals surface area contributed by atoms with Gasteiger partial charge in [-0.2, -0.15) is 5.10 Å². The van der Waals surface area contributed by atoms with Crippen molar-refractivity contribution in [1.82, 2.24) is 5.43 Å². The van der Waals surface area contributed by atoms with Crippen LogP contribution in [-0.2, 0) is 9.59 Å². The lowest BCUT2D eigenvalue weighted by atomic mass is 10.2. The van der Waals surface area contributed by atoms with Gasteiger partial charge in [0.15, 0.2) is 11.5 Å². The van der Waals surface area contributed by atoms with Crippen molar-refractivity contribution in [1.29, 1.82) is 0 Å². The van der Waals surface area contributed by atoms with Crippen molar-refractivity contribution >= 4 is 62.8 Å². The standard InChI is InChI=1S/C21H22BrCl2N3O4/c1-3-4-8-31-21-14(22)9-13(10-17(21)30-2)12-25-27-19(29)11-18(28)26-16-7-5-6-15(23)20(16)24/h5-7,9-10,12H,3-4,8,11H2,1-2H3,(H,26,28)(H,27,29). The second-order valence-electron chi connectivity index (χ2n) is 6.36. The highest BCUT2D eigenvalue weighted by Gasteiger charge is 2.13. The second-order valence-corrected chi connectivity index (χ2v) is 8.00. The van der Waals surface area contributed by atoms with Gasteiger partial charge in [0.25, 0.3) is 0 Å². The lowest BCUT2D eigenvalue weighted by Gasteiger charge is -2.13. The summed E-state index contributed by atoms with van der Waals surface area (Å²) < 4.78 is 11.8. The summed E-state index contributed by atoms with van der Waals surface area (Å²) in [5.41, 5.74) is 3.31. The first-order chi connectivity index (χ1) is 14.8. The number of unbranched alkanes of at least 4 members (excludes halogenated alkanes) is 1. The number of methoxy groups -OCH3 is 1. The van der Waals surface area contributed by atoms with Crippen molar-refractivity contribution in [3.05, 3.63) is 50.4 Å². The summed E-state index contributed by atoms with van der Waals surface area (Å²) in [6, 6.07) is 8.34. The molecule has 0 atom stereocenters. The third-order valence-electron chi connectivity index (χ3n) is 3.95. The molecule has 2 amide bonds. The number of halogens is 3. The number of amides is 2. The first-order valence-corrected chi connectivity index (χ1v) is 11.0. The predicted molar refractivity (Wildman–Crippen MR) is 127 cm³/mol. The van der Waals surface area contributed by atoms with Crippen molar-refractivity contribution in [2.24, 2.45) is 5.10 Å². The summed E-state index contributed by atoms with van der Waals surface area (Å²) >= 11 is 15.4. The lowest BCUT2D eigenvalue weighted by molar-refractivity contribution is -0.126. The highest BCUT2D eigenvalue weighted by Crippen LogP contribution is 2.36. The van der Waals surface area contributed by atoms with Gasteiger partial charge < -0.3 is 14.8 Å². The van der Waals surface area contributed by atoms with E-state index < -0.39 is 18.2 Å². The fraction of sp³-hybridized carbons (Fsp3) is 0.286. The average Bonchev–Trinajstić information content (AvgIpc) is 2.72. The largest absolute Gasteiger partial charge is 0.493 e. The molecule has 7 nitrogen and oxygen atoms in total. The fourth-order valence-corrected chi connectivity index (χ4v) is 3.35. The molecule has 2 aromatic carbocycles. The van der Waals surface area contributed by atoms with Crippen molar-refractivity contribution in [2.75, 3.05) is 19.0 Å². The van der Waals surface area contributed by atoms with E-state index >= 15 is 0 Å². The van der Waals surface area contributed by atoms with E-state index in [0.29, 0.717) is 38.9 Å². The second kappa shape index (κ2) is 12.5. The summed E-state index contributed by atoms with van der Waals surface area (Å²) in [7, 11) is 1.54. The monoisotopic (exact) mass is 529 g/mol. The molecule has 166 valence electrons. The minimum atomic E-state index is -0.586. The van der Waals surface area contributed by atoms with Crippen LogP contribution >= 0.6 is 39.1 Å². The molecule has 0 bridgehead atoms. The van der Waals surface area contributed by atoms with Crippen molar-refractivity contribution < 1.29 is 19.1 Å². The van der Waals surface area contributed by atoms with Crippen LogP contribution in [0.5, 0.6) is 11.5 Å². The minimum Gasteiger partial charge on any atom is -0.493 e. The normalized spacial score (nSPS) is 10.7. The van der Waals surface area contributed by atoms with Gasteiger partial charge in [-0.25, -0.2) is 5.43 Å². The van der Waals surface area contributed by atoms with Crippen LogP contribution in [0.15, 0.2) is 39.9 Å². The summed E-state index contributed by atoms with van der Waals surface area (Å²) in [4.78, 5) is 24.0. The quantitative estimate of drug-likeness (QED) is 0.186. The Morgan fingerprint density at radius 3 is 2.71 bits per heavy atom. The highest BCUT2D eigenvalue weighted by atomic mass is 79.9. The van der Waals surface area contributed by atoms with Gasteiger partial charge in [0, 0.05) is 0 Å². The first-order valence-electron chi connectivity index (χ1n) is 9.41. The molecular formula is C21H22BrCl2N3O4. The fourth-order valence-electron chi connectivity index (χ4n) is 2.43. The molecule has 0 unspecified atom stereocenters. The molecular weight excluding hydrogens is 509 g/mol. The van der Waals surface area contributed by atoms with E-state index in [2.05, 4.69) is 38.7 Å². The Morgan fingerprint density at radius 1 is 1.23 bits per heavy atom. The predicted octanol–water partition coefficient (Wildman–Crippen LogP) is 5.42. The van der Waals surface area contributed by atoms with Crippen LogP contribution in [0.4, 0.5) is 5.69 Å². The van der Waals surface area contributed by atoms with E-state index in [1.54, 1.807) is 37.4 Å². The molecule has 2 aromatic rings. The van der Waals surface area contributed by atoms with Crippen molar-refractivity contribution in [2.45, 2.75) is 26.2 Å². The number of hydrazone groups is 1. The molecule has 0 saturated carbocycles. The zero-order valence-electron chi connectivity index (χ0n) is 17.0. The number of nitrogens with one attached hydrogen (secondary N) is 2. The molecule has 2 N–H and O–H groups in total. The number of anilines is 1. The number of nitrogens with zero attached hydrogens (tertiary/aromatic N) is 1. The van der Waals surface area contributed by atoms with Crippen LogP contribution in [0.1, 0.15) is 31.7 Å². The average molecular weight is 531 g/mol. The van der Waals surface area contributed by atoms with Gasteiger partial charge in [-0.05, 0) is 52.2 Å². The molecule has 0 aliphatic carbocycles. The van der Waals surface area contributed by atoms with Gasteiger partial charge in [0.05, 0.1) is 40.1 Å². The molecule has 0 radical (unpaired) electrons. The molecule has 0 heterocycles. The van der Waals surface area contributed by atoms with Crippen LogP contribution in [0.3, 0.4) is 0 Å². The third-order valence-corrected chi connectivity index (χ3v) is 5.35. The molecule has 0 aromatic heterocycles. The van der Waals surface area contributed by atoms with Gasteiger partial charge in [0.1, 0.15) is 6.42 Å². The lowest BCUT2D eigenvalue weighted by Crippen LogP contribution is -2.24. The number of hydrogen-bond acceptors (Lipinski definition) is 5. The van der Waals surface area contributed by atoms with Crippen molar-refractivity contribution in [3.8, 4) is 11.5 Å². The number of rotatable bonds is 10. The van der Waals surface area contributed by atoms with E-state index in [4.69, 9.17) is 32.7 Å². The number of carbonyl (C=O) groups excluding carboxylic acids is 2. The Kier molecular flexibility index (Phi) is 10.1. The van der Waals surface area contributed by atoms with Gasteiger partial charge in [-0.15, -0.1) is 0 Å². The van der Waals surface area contributed by atoms with Crippen LogP contribution < -0.4 is 20.2 Å². The van der Waals surface area contributed by atoms with E-state index in [0.717, 1.165) is 12.8 Å². The Hall–Kier alpha value is -2.29. The SMILES string of the molecule is CCCCOc1c(Br)cc(C=NNC(=O)CC(=O)Nc2cccc(Cl)c2Cl)cc1OC. The van der Waals surface area contributed by atoms with Gasteiger partial charge in [-0.3, -0.25) is 9.59 Å². The number of benzene rings is 2. The van der Waals surface area contributed by atoms with E-state index in [1.165, 1.54) is 6.21 Å². The summed E-state index contributed by atoms with van der Waals surface area (Å²) in [5.74, 6) is 0.0110. The Labute approximate surface area is 199 Å². The van der Waals surface area contributed by atoms with Gasteiger partial charge in [-0.1, -0.05) is 42.6 Å². The number of hydrogen-bond donors (Lipinski definition) is 2. The third kappa shape index (κ3) is 7.72. The van der Waals surface area contributed by atoms with Crippen LogP contribution in [-0.4, -0.2) is 31.7 Å². The smallest absolute Gasteiger partial charge is 0.249 e. The maximum atomic E-state index is 12.0. The molecule has 0 aliphatic rings. The molecule has 0 spiro atoms. The number of ether oxygens (including phenoxy) is 2. The minimum absolute atomic E-state index is 0.206. The van der Waals surface area contributed by atoms with Crippen LogP contribution in [0.25, 0.3) is 0 Å². The van der Waals surface area contributed by atoms with E-state index in [-0.39, 0.29) is 5.02 Å². The molecule has 0 aliphatic heterocycles. The summed E-state index contributed by atoms with van der Waals surface area (Å²) in [6.07, 6.45) is 2.96. The van der Waals surface area contributed by atoms with Crippen LogP contribution in [0.2, 0.25) is 10.0 Å². The van der Waals surface area contributed by atoms with E-state index in [9.17, 15) is 9.59 Å². The Morgan fingerprint density at radius 2 is 2.00 bits per heavy atom. The molecule has 31 heavy (non-hydrogen) atoms. The molecule has 10 heteroatoms. The van der Waals surface area contributed by atoms with Gasteiger partial charge >= 0.3 is 0 Å². The zero-order chi connectivity index (χ0) is 22.8. The molecule has 0 fully saturated rings. The van der Waals surface area contributed by atoms with Crippen LogP contribution in [0, 0.1) is 0 Å². The molecule has 0 saturated heterocycles. The maximum Gasteiger partial charge on any atom is 0.249 e. The Balaban J connectivity index is 1.93.